The third-order valence-electron chi connectivity index (χ3n) is 4.99. The van der Waals surface area contributed by atoms with Crippen molar-refractivity contribution in [3.05, 3.63) is 101 Å². The lowest BCUT2D eigenvalue weighted by atomic mass is 10.1. The zero-order chi connectivity index (χ0) is 23.6. The third-order valence-corrected chi connectivity index (χ3v) is 4.99. The van der Waals surface area contributed by atoms with Crippen molar-refractivity contribution in [3.8, 4) is 0 Å². The molecule has 0 saturated heterocycles. The predicted octanol–water partition coefficient (Wildman–Crippen LogP) is 3.90. The van der Waals surface area contributed by atoms with Gasteiger partial charge >= 0.3 is 11.9 Å². The van der Waals surface area contributed by atoms with Crippen LogP contribution in [0.4, 0.5) is 5.69 Å². The number of hydrogen-bond acceptors (Lipinski definition) is 6. The van der Waals surface area contributed by atoms with Crippen molar-refractivity contribution in [1.29, 1.82) is 0 Å². The van der Waals surface area contributed by atoms with Gasteiger partial charge in [-0.2, -0.15) is 0 Å². The number of ether oxygens (including phenoxy) is 2. The Balaban J connectivity index is 1.81. The molecule has 7 nitrogen and oxygen atoms in total. The van der Waals surface area contributed by atoms with Crippen molar-refractivity contribution in [2.24, 2.45) is 0 Å². The molecule has 0 spiro atoms. The van der Waals surface area contributed by atoms with Gasteiger partial charge in [-0.05, 0) is 29.3 Å². The lowest BCUT2D eigenvalue weighted by Crippen LogP contribution is -2.33. The van der Waals surface area contributed by atoms with Crippen LogP contribution in [0.3, 0.4) is 0 Å². The van der Waals surface area contributed by atoms with E-state index in [1.54, 1.807) is 0 Å². The number of nitrogens with one attached hydrogen (secondary N) is 1. The summed E-state index contributed by atoms with van der Waals surface area (Å²) in [4.78, 5) is 39.1. The minimum absolute atomic E-state index is 0.0762. The van der Waals surface area contributed by atoms with Gasteiger partial charge in [-0.3, -0.25) is 9.69 Å². The summed E-state index contributed by atoms with van der Waals surface area (Å²) in [7, 11) is 2.52. The molecule has 0 bridgehead atoms. The fraction of sp³-hybridized carbons (Fsp3) is 0.192. The molecule has 0 heterocycles. The molecule has 1 amide bonds. The van der Waals surface area contributed by atoms with E-state index >= 15 is 0 Å². The standard InChI is InChI=1S/C26H26N2O5/c1-32-25(30)21-13-14-22(26(31)33-2)23(15-21)27-24(29)18-28(16-19-9-5-3-6-10-19)17-20-11-7-4-8-12-20/h3-15H,16-18H2,1-2H3,(H,27,29). The smallest absolute Gasteiger partial charge is 0.339 e. The highest BCUT2D eigenvalue weighted by atomic mass is 16.5. The van der Waals surface area contributed by atoms with Crippen LogP contribution in [0.25, 0.3) is 0 Å². The maximum Gasteiger partial charge on any atom is 0.339 e. The van der Waals surface area contributed by atoms with Gasteiger partial charge in [-0.1, -0.05) is 60.7 Å². The average molecular weight is 447 g/mol. The first-order valence-corrected chi connectivity index (χ1v) is 10.4. The molecule has 7 heteroatoms. The molecule has 0 aliphatic carbocycles. The Morgan fingerprint density at radius 1 is 0.758 bits per heavy atom. The number of esters is 2. The summed E-state index contributed by atoms with van der Waals surface area (Å²) >= 11 is 0. The first-order valence-electron chi connectivity index (χ1n) is 10.4. The minimum atomic E-state index is -0.618. The zero-order valence-corrected chi connectivity index (χ0v) is 18.6. The molecule has 0 fully saturated rings. The van der Waals surface area contributed by atoms with Crippen molar-refractivity contribution >= 4 is 23.5 Å². The van der Waals surface area contributed by atoms with Crippen LogP contribution < -0.4 is 5.32 Å². The number of hydrogen-bond donors (Lipinski definition) is 1. The number of carbonyl (C=O) groups excluding carboxylic acids is 3. The van der Waals surface area contributed by atoms with Crippen LogP contribution in [0.2, 0.25) is 0 Å². The van der Waals surface area contributed by atoms with Crippen LogP contribution in [0.1, 0.15) is 31.8 Å². The van der Waals surface area contributed by atoms with Crippen molar-refractivity contribution < 1.29 is 23.9 Å². The van der Waals surface area contributed by atoms with E-state index in [9.17, 15) is 14.4 Å². The molecule has 0 unspecified atom stereocenters. The second-order valence-corrected chi connectivity index (χ2v) is 7.41. The zero-order valence-electron chi connectivity index (χ0n) is 18.6. The molecular formula is C26H26N2O5. The van der Waals surface area contributed by atoms with Crippen LogP contribution in [-0.4, -0.2) is 43.5 Å². The molecule has 0 aliphatic rings. The summed E-state index contributed by atoms with van der Waals surface area (Å²) < 4.78 is 9.55. The Morgan fingerprint density at radius 2 is 1.30 bits per heavy atom. The molecule has 0 radical (unpaired) electrons. The van der Waals surface area contributed by atoms with E-state index < -0.39 is 11.9 Å². The fourth-order valence-electron chi connectivity index (χ4n) is 3.42. The highest BCUT2D eigenvalue weighted by molar-refractivity contribution is 6.03. The van der Waals surface area contributed by atoms with E-state index in [4.69, 9.17) is 9.47 Å². The van der Waals surface area contributed by atoms with Crippen molar-refractivity contribution in [1.82, 2.24) is 4.90 Å². The third kappa shape index (κ3) is 6.75. The Kier molecular flexibility index (Phi) is 8.32. The lowest BCUT2D eigenvalue weighted by Gasteiger charge is -2.22. The van der Waals surface area contributed by atoms with Crippen molar-refractivity contribution in [3.63, 3.8) is 0 Å². The van der Waals surface area contributed by atoms with E-state index in [0.29, 0.717) is 13.1 Å². The van der Waals surface area contributed by atoms with E-state index in [2.05, 4.69) is 5.32 Å². The van der Waals surface area contributed by atoms with Gasteiger partial charge in [0.05, 0.1) is 37.6 Å². The van der Waals surface area contributed by atoms with Crippen LogP contribution in [0.15, 0.2) is 78.9 Å². The summed E-state index contributed by atoms with van der Waals surface area (Å²) in [6.07, 6.45) is 0. The molecule has 1 N–H and O–H groups in total. The fourth-order valence-corrected chi connectivity index (χ4v) is 3.42. The predicted molar refractivity (Wildman–Crippen MR) is 125 cm³/mol. The van der Waals surface area contributed by atoms with E-state index in [1.165, 1.54) is 32.4 Å². The van der Waals surface area contributed by atoms with Gasteiger partial charge in [0, 0.05) is 13.1 Å². The Morgan fingerprint density at radius 3 is 1.82 bits per heavy atom. The molecule has 170 valence electrons. The highest BCUT2D eigenvalue weighted by Crippen LogP contribution is 2.20. The topological polar surface area (TPSA) is 84.9 Å². The van der Waals surface area contributed by atoms with Gasteiger partial charge in [0.25, 0.3) is 0 Å². The van der Waals surface area contributed by atoms with Crippen LogP contribution in [-0.2, 0) is 27.4 Å². The Labute approximate surface area is 192 Å². The second-order valence-electron chi connectivity index (χ2n) is 7.41. The monoisotopic (exact) mass is 446 g/mol. The molecule has 3 aromatic carbocycles. The van der Waals surface area contributed by atoms with Crippen LogP contribution in [0.5, 0.6) is 0 Å². The lowest BCUT2D eigenvalue weighted by molar-refractivity contribution is -0.117. The van der Waals surface area contributed by atoms with E-state index in [0.717, 1.165) is 11.1 Å². The molecule has 3 aromatic rings. The number of methoxy groups -OCH3 is 2. The summed E-state index contributed by atoms with van der Waals surface area (Å²) in [5.74, 6) is -1.52. The molecule has 0 aliphatic heterocycles. The SMILES string of the molecule is COC(=O)c1ccc(C(=O)OC)c(NC(=O)CN(Cc2ccccc2)Cc2ccccc2)c1. The quantitative estimate of drug-likeness (QED) is 0.502. The molecule has 0 saturated carbocycles. The number of nitrogens with zero attached hydrogens (tertiary/aromatic N) is 1. The molecule has 0 aromatic heterocycles. The molecule has 33 heavy (non-hydrogen) atoms. The van der Waals surface area contributed by atoms with Gasteiger partial charge in [-0.25, -0.2) is 9.59 Å². The second kappa shape index (κ2) is 11.6. The first kappa shape index (κ1) is 23.7. The molecule has 3 rings (SSSR count). The van der Waals surface area contributed by atoms with Gasteiger partial charge in [-0.15, -0.1) is 0 Å². The number of amides is 1. The van der Waals surface area contributed by atoms with Gasteiger partial charge in [0.2, 0.25) is 5.91 Å². The largest absolute Gasteiger partial charge is 0.465 e. The summed E-state index contributed by atoms with van der Waals surface area (Å²) in [6.45, 7) is 1.21. The van der Waals surface area contributed by atoms with Crippen LogP contribution >= 0.6 is 0 Å². The maximum atomic E-state index is 13.0. The van der Waals surface area contributed by atoms with Crippen molar-refractivity contribution in [2.75, 3.05) is 26.1 Å². The first-order chi connectivity index (χ1) is 16.0. The molecular weight excluding hydrogens is 420 g/mol. The van der Waals surface area contributed by atoms with Crippen molar-refractivity contribution in [2.45, 2.75) is 13.1 Å². The number of rotatable bonds is 9. The number of carbonyl (C=O) groups is 3. The van der Waals surface area contributed by atoms with E-state index in [-0.39, 0.29) is 29.3 Å². The maximum absolute atomic E-state index is 13.0. The molecule has 0 atom stereocenters. The Hall–Kier alpha value is -3.97. The summed E-state index contributed by atoms with van der Waals surface area (Å²) in [6, 6.07) is 24.0. The number of benzene rings is 3. The van der Waals surface area contributed by atoms with E-state index in [1.807, 2.05) is 65.6 Å². The number of anilines is 1. The van der Waals surface area contributed by atoms with Gasteiger partial charge in [0.1, 0.15) is 0 Å². The summed E-state index contributed by atoms with van der Waals surface area (Å²) in [5, 5.41) is 2.76. The van der Waals surface area contributed by atoms with Gasteiger partial charge < -0.3 is 14.8 Å². The highest BCUT2D eigenvalue weighted by Gasteiger charge is 2.19. The van der Waals surface area contributed by atoms with Crippen LogP contribution in [0, 0.1) is 0 Å². The average Bonchev–Trinajstić information content (AvgIpc) is 2.84. The Bertz CT molecular complexity index is 1060. The summed E-state index contributed by atoms with van der Waals surface area (Å²) in [5.41, 5.74) is 2.70. The minimum Gasteiger partial charge on any atom is -0.465 e. The normalized spacial score (nSPS) is 10.5. The van der Waals surface area contributed by atoms with Gasteiger partial charge in [0.15, 0.2) is 0 Å².